The maximum absolute atomic E-state index is 12.8. The van der Waals surface area contributed by atoms with Crippen LogP contribution in [-0.2, 0) is 16.0 Å². The van der Waals surface area contributed by atoms with Gasteiger partial charge in [0.2, 0.25) is 5.91 Å². The topological polar surface area (TPSA) is 72.7 Å². The minimum absolute atomic E-state index is 0.109. The number of fused-ring (bicyclic) bond motifs is 1. The number of thiophene rings is 1. The van der Waals surface area contributed by atoms with Crippen molar-refractivity contribution in [3.05, 3.63) is 76.1 Å². The number of hydrogen-bond acceptors (Lipinski definition) is 5. The molecule has 1 aromatic carbocycles. The number of anilines is 1. The summed E-state index contributed by atoms with van der Waals surface area (Å²) in [6.45, 7) is 5.95. The number of rotatable bonds is 5. The van der Waals surface area contributed by atoms with Gasteiger partial charge in [-0.3, -0.25) is 4.79 Å². The largest absolute Gasteiger partial charge is 0.465 e. The van der Waals surface area contributed by atoms with Crippen molar-refractivity contribution in [3.63, 3.8) is 0 Å². The van der Waals surface area contributed by atoms with Gasteiger partial charge in [-0.05, 0) is 44.0 Å². The van der Waals surface area contributed by atoms with Crippen LogP contribution in [0.2, 0.25) is 0 Å². The number of ether oxygens (including phenoxy) is 1. The average molecular weight is 434 g/mol. The fourth-order valence-corrected chi connectivity index (χ4v) is 4.63. The van der Waals surface area contributed by atoms with Crippen LogP contribution in [0.25, 0.3) is 16.8 Å². The van der Waals surface area contributed by atoms with Crippen molar-refractivity contribution in [1.82, 2.24) is 9.38 Å². The fourth-order valence-electron chi connectivity index (χ4n) is 3.55. The van der Waals surface area contributed by atoms with Crippen LogP contribution in [0.4, 0.5) is 5.00 Å². The molecular weight excluding hydrogens is 410 g/mol. The van der Waals surface area contributed by atoms with Crippen molar-refractivity contribution in [1.29, 1.82) is 0 Å². The first-order valence-corrected chi connectivity index (χ1v) is 10.7. The van der Waals surface area contributed by atoms with E-state index in [9.17, 15) is 9.59 Å². The summed E-state index contributed by atoms with van der Waals surface area (Å²) in [5.41, 5.74) is 5.78. The predicted molar refractivity (Wildman–Crippen MR) is 123 cm³/mol. The molecule has 4 aromatic rings. The number of amides is 1. The summed E-state index contributed by atoms with van der Waals surface area (Å²) in [5.74, 6) is -0.708. The van der Waals surface area contributed by atoms with E-state index in [0.717, 1.165) is 32.8 Å². The zero-order valence-electron chi connectivity index (χ0n) is 17.9. The summed E-state index contributed by atoms with van der Waals surface area (Å²) < 4.78 is 6.92. The Bertz CT molecular complexity index is 1290. The van der Waals surface area contributed by atoms with E-state index in [2.05, 4.69) is 10.3 Å². The molecule has 6 nitrogen and oxygen atoms in total. The molecule has 4 rings (SSSR count). The van der Waals surface area contributed by atoms with Crippen LogP contribution in [0.15, 0.2) is 48.8 Å². The molecule has 3 heterocycles. The summed E-state index contributed by atoms with van der Waals surface area (Å²) in [5, 5.41) is 3.39. The van der Waals surface area contributed by atoms with Gasteiger partial charge >= 0.3 is 5.97 Å². The minimum atomic E-state index is -0.474. The molecule has 0 saturated heterocycles. The van der Waals surface area contributed by atoms with Crippen molar-refractivity contribution < 1.29 is 14.3 Å². The molecule has 3 aromatic heterocycles. The second-order valence-corrected chi connectivity index (χ2v) is 8.75. The fraction of sp³-hybridized carbons (Fsp3) is 0.208. The third kappa shape index (κ3) is 4.22. The van der Waals surface area contributed by atoms with Crippen molar-refractivity contribution >= 4 is 33.9 Å². The number of benzene rings is 1. The molecule has 0 radical (unpaired) electrons. The number of carbonyl (C=O) groups is 2. The van der Waals surface area contributed by atoms with Crippen LogP contribution in [0.5, 0.6) is 0 Å². The zero-order chi connectivity index (χ0) is 22.1. The lowest BCUT2D eigenvalue weighted by Crippen LogP contribution is -2.16. The van der Waals surface area contributed by atoms with E-state index in [4.69, 9.17) is 4.74 Å². The Morgan fingerprint density at radius 1 is 1.10 bits per heavy atom. The SMILES string of the molecule is COC(=O)c1c(NC(=O)Cc2cn3ccc(C)cc3n2)sc(C)c1-c1ccc(C)cc1. The van der Waals surface area contributed by atoms with Crippen molar-refractivity contribution in [2.45, 2.75) is 27.2 Å². The molecule has 1 N–H and O–H groups in total. The Labute approximate surface area is 184 Å². The van der Waals surface area contributed by atoms with E-state index in [1.54, 1.807) is 0 Å². The molecule has 0 unspecified atom stereocenters. The highest BCUT2D eigenvalue weighted by molar-refractivity contribution is 7.17. The smallest absolute Gasteiger partial charge is 0.341 e. The van der Waals surface area contributed by atoms with Crippen molar-refractivity contribution in [2.75, 3.05) is 12.4 Å². The van der Waals surface area contributed by atoms with E-state index in [1.165, 1.54) is 18.4 Å². The van der Waals surface area contributed by atoms with Crippen LogP contribution in [0.3, 0.4) is 0 Å². The number of pyridine rings is 1. The number of imidazole rings is 1. The first kappa shape index (κ1) is 20.8. The quantitative estimate of drug-likeness (QED) is 0.452. The molecule has 31 heavy (non-hydrogen) atoms. The lowest BCUT2D eigenvalue weighted by Gasteiger charge is -2.08. The van der Waals surface area contributed by atoms with Gasteiger partial charge in [0.05, 0.1) is 19.2 Å². The lowest BCUT2D eigenvalue weighted by atomic mass is 10.0. The maximum atomic E-state index is 12.8. The highest BCUT2D eigenvalue weighted by Crippen LogP contribution is 2.40. The van der Waals surface area contributed by atoms with Crippen molar-refractivity contribution in [2.24, 2.45) is 0 Å². The standard InChI is InChI=1S/C24H23N3O3S/c1-14-5-7-17(8-6-14)21-16(3)31-23(22(21)24(29)30-4)26-20(28)12-18-13-27-10-9-15(2)11-19(27)25-18/h5-11,13H,12H2,1-4H3,(H,26,28). The Morgan fingerprint density at radius 3 is 2.55 bits per heavy atom. The Hall–Kier alpha value is -3.45. The van der Waals surface area contributed by atoms with Gasteiger partial charge in [-0.25, -0.2) is 9.78 Å². The summed E-state index contributed by atoms with van der Waals surface area (Å²) >= 11 is 1.37. The van der Waals surface area contributed by atoms with Gasteiger partial charge < -0.3 is 14.5 Å². The number of hydrogen-bond donors (Lipinski definition) is 1. The molecule has 0 saturated carbocycles. The Kier molecular flexibility index (Phi) is 5.61. The molecule has 0 aliphatic heterocycles. The Morgan fingerprint density at radius 2 is 1.84 bits per heavy atom. The van der Waals surface area contributed by atoms with E-state index in [1.807, 2.05) is 74.0 Å². The van der Waals surface area contributed by atoms with E-state index in [-0.39, 0.29) is 12.3 Å². The second-order valence-electron chi connectivity index (χ2n) is 7.52. The molecule has 7 heteroatoms. The third-order valence-electron chi connectivity index (χ3n) is 5.07. The molecule has 0 fully saturated rings. The van der Waals surface area contributed by atoms with Gasteiger partial charge in [-0.2, -0.15) is 0 Å². The molecule has 0 spiro atoms. The van der Waals surface area contributed by atoms with Crippen LogP contribution in [0, 0.1) is 20.8 Å². The van der Waals surface area contributed by atoms with E-state index >= 15 is 0 Å². The molecule has 0 atom stereocenters. The highest BCUT2D eigenvalue weighted by Gasteiger charge is 2.25. The summed E-state index contributed by atoms with van der Waals surface area (Å²) in [4.78, 5) is 30.9. The van der Waals surface area contributed by atoms with Crippen LogP contribution in [-0.4, -0.2) is 28.4 Å². The van der Waals surface area contributed by atoms with Crippen LogP contribution >= 0.6 is 11.3 Å². The number of methoxy groups -OCH3 is 1. The molecule has 158 valence electrons. The monoisotopic (exact) mass is 433 g/mol. The minimum Gasteiger partial charge on any atom is -0.465 e. The second kappa shape index (κ2) is 8.35. The van der Waals surface area contributed by atoms with Gasteiger partial charge in [0.1, 0.15) is 16.2 Å². The molecule has 0 aliphatic rings. The zero-order valence-corrected chi connectivity index (χ0v) is 18.7. The van der Waals surface area contributed by atoms with Crippen LogP contribution in [0.1, 0.15) is 32.1 Å². The van der Waals surface area contributed by atoms with Crippen LogP contribution < -0.4 is 5.32 Å². The van der Waals surface area contributed by atoms with Gasteiger partial charge in [0.15, 0.2) is 0 Å². The van der Waals surface area contributed by atoms with Crippen molar-refractivity contribution in [3.8, 4) is 11.1 Å². The summed E-state index contributed by atoms with van der Waals surface area (Å²) in [6.07, 6.45) is 3.87. The number of aromatic nitrogens is 2. The lowest BCUT2D eigenvalue weighted by molar-refractivity contribution is -0.115. The first-order valence-electron chi connectivity index (χ1n) is 9.88. The predicted octanol–water partition coefficient (Wildman–Crippen LogP) is 4.96. The van der Waals surface area contributed by atoms with E-state index in [0.29, 0.717) is 16.3 Å². The molecule has 1 amide bonds. The van der Waals surface area contributed by atoms with Gasteiger partial charge in [-0.1, -0.05) is 29.8 Å². The Balaban J connectivity index is 1.63. The number of aryl methyl sites for hydroxylation is 3. The van der Waals surface area contributed by atoms with Gasteiger partial charge in [0, 0.05) is 22.8 Å². The van der Waals surface area contributed by atoms with E-state index < -0.39 is 5.97 Å². The third-order valence-corrected chi connectivity index (χ3v) is 6.09. The number of esters is 1. The average Bonchev–Trinajstić information content (AvgIpc) is 3.27. The number of nitrogens with one attached hydrogen (secondary N) is 1. The maximum Gasteiger partial charge on any atom is 0.341 e. The van der Waals surface area contributed by atoms with Gasteiger partial charge in [-0.15, -0.1) is 11.3 Å². The van der Waals surface area contributed by atoms with Gasteiger partial charge in [0.25, 0.3) is 0 Å². The molecule has 0 aliphatic carbocycles. The summed E-state index contributed by atoms with van der Waals surface area (Å²) in [6, 6.07) is 11.9. The number of nitrogens with zero attached hydrogens (tertiary/aromatic N) is 2. The normalized spacial score (nSPS) is 11.0. The first-order chi connectivity index (χ1) is 14.9. The molecular formula is C24H23N3O3S. The molecule has 0 bridgehead atoms. The number of carbonyl (C=O) groups excluding carboxylic acids is 2. The highest BCUT2D eigenvalue weighted by atomic mass is 32.1. The summed E-state index contributed by atoms with van der Waals surface area (Å²) in [7, 11) is 1.35.